The van der Waals surface area contributed by atoms with E-state index in [1.165, 1.54) is 5.56 Å². The van der Waals surface area contributed by atoms with E-state index in [0.717, 1.165) is 31.2 Å². The number of carbonyl (C=O) groups is 2. The van der Waals surface area contributed by atoms with Gasteiger partial charge in [0.1, 0.15) is 0 Å². The number of nitrogens with one attached hydrogen (secondary N) is 1. The maximum absolute atomic E-state index is 12.6. The predicted octanol–water partition coefficient (Wildman–Crippen LogP) is 3.68. The largest absolute Gasteiger partial charge is 0.353 e. The van der Waals surface area contributed by atoms with Crippen LogP contribution >= 0.6 is 0 Å². The van der Waals surface area contributed by atoms with Gasteiger partial charge < -0.3 is 10.2 Å². The lowest BCUT2D eigenvalue weighted by Crippen LogP contribution is -2.44. The molecule has 142 valence electrons. The molecular formula is C23H28N2O2. The molecule has 1 aliphatic rings. The van der Waals surface area contributed by atoms with E-state index in [2.05, 4.69) is 24.4 Å². The molecule has 2 aromatic rings. The van der Waals surface area contributed by atoms with E-state index < -0.39 is 0 Å². The highest BCUT2D eigenvalue weighted by Gasteiger charge is 2.28. The number of hydrogen-bond acceptors (Lipinski definition) is 2. The Morgan fingerprint density at radius 3 is 2.22 bits per heavy atom. The zero-order valence-electron chi connectivity index (χ0n) is 15.9. The first kappa shape index (κ1) is 19.2. The molecule has 1 N–H and O–H groups in total. The fraction of sp³-hybridized carbons (Fsp3) is 0.391. The van der Waals surface area contributed by atoms with Gasteiger partial charge in [-0.05, 0) is 50.3 Å². The lowest BCUT2D eigenvalue weighted by molar-refractivity contribution is -0.126. The number of rotatable bonds is 6. The molecule has 0 aromatic heterocycles. The molecule has 1 saturated heterocycles. The van der Waals surface area contributed by atoms with Gasteiger partial charge >= 0.3 is 0 Å². The highest BCUT2D eigenvalue weighted by Crippen LogP contribution is 2.20. The number of carbonyl (C=O) groups excluding carboxylic acids is 2. The summed E-state index contributed by atoms with van der Waals surface area (Å²) >= 11 is 0. The second-order valence-corrected chi connectivity index (χ2v) is 7.37. The summed E-state index contributed by atoms with van der Waals surface area (Å²) in [6, 6.07) is 19.9. The van der Waals surface area contributed by atoms with Gasteiger partial charge in [0.05, 0.1) is 0 Å². The third-order valence-electron chi connectivity index (χ3n) is 5.27. The lowest BCUT2D eigenvalue weighted by Gasteiger charge is -2.32. The summed E-state index contributed by atoms with van der Waals surface area (Å²) in [6.45, 7) is 3.35. The number of piperidine rings is 1. The second kappa shape index (κ2) is 9.36. The molecule has 0 bridgehead atoms. The number of amides is 2. The summed E-state index contributed by atoms with van der Waals surface area (Å²) in [5.41, 5.74) is 2.02. The van der Waals surface area contributed by atoms with E-state index in [4.69, 9.17) is 0 Å². The number of nitrogens with zero attached hydrogens (tertiary/aromatic N) is 1. The molecule has 4 nitrogen and oxygen atoms in total. The number of benzene rings is 2. The Labute approximate surface area is 161 Å². The van der Waals surface area contributed by atoms with Crippen molar-refractivity contribution in [1.82, 2.24) is 10.2 Å². The summed E-state index contributed by atoms with van der Waals surface area (Å²) in [7, 11) is 0. The Morgan fingerprint density at radius 1 is 1.00 bits per heavy atom. The third-order valence-corrected chi connectivity index (χ3v) is 5.27. The Hall–Kier alpha value is -2.62. The van der Waals surface area contributed by atoms with Crippen LogP contribution in [0.4, 0.5) is 0 Å². The Balaban J connectivity index is 1.42. The van der Waals surface area contributed by atoms with Crippen molar-refractivity contribution in [1.29, 1.82) is 0 Å². The SMILES string of the molecule is C[C@@H](CCc1ccccc1)NC(=O)C1CCN(C(=O)c2ccccc2)CC1. The zero-order valence-corrected chi connectivity index (χ0v) is 15.9. The van der Waals surface area contributed by atoms with Crippen molar-refractivity contribution in [2.75, 3.05) is 13.1 Å². The van der Waals surface area contributed by atoms with Crippen LogP contribution in [0.3, 0.4) is 0 Å². The van der Waals surface area contributed by atoms with Crippen molar-refractivity contribution >= 4 is 11.8 Å². The van der Waals surface area contributed by atoms with Gasteiger partial charge in [-0.25, -0.2) is 0 Å². The first-order valence-electron chi connectivity index (χ1n) is 9.82. The predicted molar refractivity (Wildman–Crippen MR) is 107 cm³/mol. The Bertz CT molecular complexity index is 737. The van der Waals surface area contributed by atoms with Crippen molar-refractivity contribution < 1.29 is 9.59 Å². The van der Waals surface area contributed by atoms with E-state index in [1.807, 2.05) is 53.4 Å². The standard InChI is InChI=1S/C23H28N2O2/c1-18(12-13-19-8-4-2-5-9-19)24-22(26)20-14-16-25(17-15-20)23(27)21-10-6-3-7-11-21/h2-11,18,20H,12-17H2,1H3,(H,24,26)/t18-/m0/s1. The smallest absolute Gasteiger partial charge is 0.253 e. The van der Waals surface area contributed by atoms with Gasteiger partial charge in [-0.2, -0.15) is 0 Å². The van der Waals surface area contributed by atoms with E-state index in [-0.39, 0.29) is 23.8 Å². The van der Waals surface area contributed by atoms with E-state index in [1.54, 1.807) is 0 Å². The molecule has 2 amide bonds. The first-order valence-corrected chi connectivity index (χ1v) is 9.82. The molecule has 1 atom stereocenters. The lowest BCUT2D eigenvalue weighted by atomic mass is 9.94. The van der Waals surface area contributed by atoms with Crippen LogP contribution in [0.1, 0.15) is 42.1 Å². The quantitative estimate of drug-likeness (QED) is 0.850. The van der Waals surface area contributed by atoms with Crippen LogP contribution in [0.25, 0.3) is 0 Å². The minimum Gasteiger partial charge on any atom is -0.353 e. The van der Waals surface area contributed by atoms with Crippen molar-refractivity contribution in [2.24, 2.45) is 5.92 Å². The maximum atomic E-state index is 12.6. The molecule has 0 unspecified atom stereocenters. The highest BCUT2D eigenvalue weighted by atomic mass is 16.2. The molecule has 0 saturated carbocycles. The van der Waals surface area contributed by atoms with Crippen molar-refractivity contribution in [3.05, 3.63) is 71.8 Å². The fourth-order valence-corrected chi connectivity index (χ4v) is 3.57. The molecule has 0 radical (unpaired) electrons. The van der Waals surface area contributed by atoms with Gasteiger partial charge in [-0.15, -0.1) is 0 Å². The molecule has 0 spiro atoms. The molecule has 1 aliphatic heterocycles. The third kappa shape index (κ3) is 5.43. The van der Waals surface area contributed by atoms with Crippen molar-refractivity contribution in [2.45, 2.75) is 38.6 Å². The second-order valence-electron chi connectivity index (χ2n) is 7.37. The average molecular weight is 364 g/mol. The summed E-state index contributed by atoms with van der Waals surface area (Å²) < 4.78 is 0. The molecule has 4 heteroatoms. The summed E-state index contributed by atoms with van der Waals surface area (Å²) in [5.74, 6) is 0.192. The van der Waals surface area contributed by atoms with Gasteiger partial charge in [0.25, 0.3) is 5.91 Å². The molecule has 3 rings (SSSR count). The normalized spacial score (nSPS) is 16.0. The molecule has 1 heterocycles. The van der Waals surface area contributed by atoms with Crippen molar-refractivity contribution in [3.8, 4) is 0 Å². The van der Waals surface area contributed by atoms with E-state index in [0.29, 0.717) is 13.1 Å². The summed E-state index contributed by atoms with van der Waals surface area (Å²) in [4.78, 5) is 26.9. The van der Waals surface area contributed by atoms with E-state index in [9.17, 15) is 9.59 Å². The van der Waals surface area contributed by atoms with Crippen molar-refractivity contribution in [3.63, 3.8) is 0 Å². The molecule has 27 heavy (non-hydrogen) atoms. The molecular weight excluding hydrogens is 336 g/mol. The number of hydrogen-bond donors (Lipinski definition) is 1. The Kier molecular flexibility index (Phi) is 6.64. The van der Waals surface area contributed by atoms with Crippen LogP contribution < -0.4 is 5.32 Å². The molecule has 1 fully saturated rings. The maximum Gasteiger partial charge on any atom is 0.253 e. The molecule has 2 aromatic carbocycles. The van der Waals surface area contributed by atoms with E-state index >= 15 is 0 Å². The molecule has 0 aliphatic carbocycles. The summed E-state index contributed by atoms with van der Waals surface area (Å²) in [6.07, 6.45) is 3.36. The minimum atomic E-state index is 0.00370. The monoisotopic (exact) mass is 364 g/mol. The van der Waals surface area contributed by atoms with Gasteiger partial charge in [-0.1, -0.05) is 48.5 Å². The van der Waals surface area contributed by atoms with Crippen LogP contribution in [-0.2, 0) is 11.2 Å². The zero-order chi connectivity index (χ0) is 19.1. The number of aryl methyl sites for hydroxylation is 1. The first-order chi connectivity index (χ1) is 13.1. The topological polar surface area (TPSA) is 49.4 Å². The fourth-order valence-electron chi connectivity index (χ4n) is 3.57. The minimum absolute atomic E-state index is 0.00370. The van der Waals surface area contributed by atoms with Crippen LogP contribution in [0, 0.1) is 5.92 Å². The van der Waals surface area contributed by atoms with Gasteiger partial charge in [0, 0.05) is 30.6 Å². The Morgan fingerprint density at radius 2 is 1.59 bits per heavy atom. The number of likely N-dealkylation sites (tertiary alicyclic amines) is 1. The average Bonchev–Trinajstić information content (AvgIpc) is 2.73. The van der Waals surface area contributed by atoms with Crippen LogP contribution in [-0.4, -0.2) is 35.8 Å². The van der Waals surface area contributed by atoms with Gasteiger partial charge in [0.15, 0.2) is 0 Å². The van der Waals surface area contributed by atoms with Crippen LogP contribution in [0.15, 0.2) is 60.7 Å². The van der Waals surface area contributed by atoms with Crippen LogP contribution in [0.5, 0.6) is 0 Å². The van der Waals surface area contributed by atoms with Crippen LogP contribution in [0.2, 0.25) is 0 Å². The summed E-state index contributed by atoms with van der Waals surface area (Å²) in [5, 5.41) is 3.15. The van der Waals surface area contributed by atoms with Gasteiger partial charge in [0.2, 0.25) is 5.91 Å². The highest BCUT2D eigenvalue weighted by molar-refractivity contribution is 5.94. The van der Waals surface area contributed by atoms with Gasteiger partial charge in [-0.3, -0.25) is 9.59 Å².